The number of anilines is 4. The van der Waals surface area contributed by atoms with Crippen LogP contribution in [-0.4, -0.2) is 15.0 Å². The van der Waals surface area contributed by atoms with Crippen LogP contribution in [0.15, 0.2) is 66.9 Å². The van der Waals surface area contributed by atoms with Crippen molar-refractivity contribution in [3.05, 3.63) is 78.2 Å². The van der Waals surface area contributed by atoms with Crippen LogP contribution in [-0.2, 0) is 6.18 Å². The van der Waals surface area contributed by atoms with Gasteiger partial charge >= 0.3 is 6.18 Å². The summed E-state index contributed by atoms with van der Waals surface area (Å²) in [6.07, 6.45) is -2.65. The van der Waals surface area contributed by atoms with E-state index >= 15 is 0 Å². The number of nitrogens with one attached hydrogen (secondary N) is 2. The second kappa shape index (κ2) is 7.38. The van der Waals surface area contributed by atoms with Gasteiger partial charge in [0.25, 0.3) is 0 Å². The smallest absolute Gasteiger partial charge is 0.340 e. The lowest BCUT2D eigenvalue weighted by atomic mass is 10.2. The second-order valence-electron chi connectivity index (χ2n) is 6.39. The molecule has 2 heterocycles. The Balaban J connectivity index is 1.59. The van der Waals surface area contributed by atoms with Crippen molar-refractivity contribution in [1.29, 1.82) is 0 Å². The van der Waals surface area contributed by atoms with Gasteiger partial charge in [-0.2, -0.15) is 13.2 Å². The summed E-state index contributed by atoms with van der Waals surface area (Å²) >= 11 is 0. The Morgan fingerprint density at radius 1 is 0.828 bits per heavy atom. The molecule has 0 amide bonds. The molecule has 8 heteroatoms. The number of nitrogens with zero attached hydrogens (tertiary/aromatic N) is 3. The van der Waals surface area contributed by atoms with Gasteiger partial charge in [-0.05, 0) is 43.3 Å². The van der Waals surface area contributed by atoms with Crippen LogP contribution in [0.5, 0.6) is 0 Å². The lowest BCUT2D eigenvalue weighted by Crippen LogP contribution is -2.05. The van der Waals surface area contributed by atoms with Crippen molar-refractivity contribution in [2.45, 2.75) is 13.1 Å². The monoisotopic (exact) mass is 395 g/mol. The minimum absolute atomic E-state index is 0.466. The molecule has 2 aromatic carbocycles. The van der Waals surface area contributed by atoms with Gasteiger partial charge in [0, 0.05) is 23.3 Å². The number of para-hydroxylation sites is 1. The molecule has 0 aliphatic carbocycles. The predicted molar refractivity (Wildman–Crippen MR) is 107 cm³/mol. The van der Waals surface area contributed by atoms with Crippen LogP contribution >= 0.6 is 0 Å². The first-order chi connectivity index (χ1) is 13.9. The zero-order valence-corrected chi connectivity index (χ0v) is 15.3. The molecular weight excluding hydrogens is 379 g/mol. The van der Waals surface area contributed by atoms with Gasteiger partial charge in [-0.25, -0.2) is 9.97 Å². The fourth-order valence-corrected chi connectivity index (χ4v) is 2.93. The van der Waals surface area contributed by atoms with Gasteiger partial charge in [0.15, 0.2) is 0 Å². The Morgan fingerprint density at radius 3 is 2.24 bits per heavy atom. The molecule has 5 nitrogen and oxygen atoms in total. The van der Waals surface area contributed by atoms with Crippen molar-refractivity contribution in [3.8, 4) is 0 Å². The molecule has 2 aromatic heterocycles. The second-order valence-corrected chi connectivity index (χ2v) is 6.39. The summed E-state index contributed by atoms with van der Waals surface area (Å²) in [7, 11) is 0. The minimum Gasteiger partial charge on any atom is -0.340 e. The van der Waals surface area contributed by atoms with E-state index < -0.39 is 11.7 Å². The topological polar surface area (TPSA) is 62.7 Å². The maximum Gasteiger partial charge on any atom is 0.416 e. The number of hydrogen-bond acceptors (Lipinski definition) is 5. The SMILES string of the molecule is Cc1nc(Nc2ccc(C(F)(F)F)cc2)cc(Nc2cccc3cccnc23)n1. The zero-order valence-electron chi connectivity index (χ0n) is 15.3. The molecule has 0 radical (unpaired) electrons. The molecule has 2 N–H and O–H groups in total. The Hall–Kier alpha value is -3.68. The number of hydrogen-bond donors (Lipinski definition) is 2. The van der Waals surface area contributed by atoms with Crippen molar-refractivity contribution in [2.75, 3.05) is 10.6 Å². The molecule has 0 fully saturated rings. The fraction of sp³-hybridized carbons (Fsp3) is 0.0952. The molecule has 0 spiro atoms. The van der Waals surface area contributed by atoms with Crippen molar-refractivity contribution in [3.63, 3.8) is 0 Å². The van der Waals surface area contributed by atoms with E-state index in [-0.39, 0.29) is 0 Å². The molecule has 4 rings (SSSR count). The van der Waals surface area contributed by atoms with Gasteiger partial charge < -0.3 is 10.6 Å². The van der Waals surface area contributed by atoms with E-state index in [0.717, 1.165) is 28.7 Å². The number of alkyl halides is 3. The van der Waals surface area contributed by atoms with Crippen LogP contribution in [0.4, 0.5) is 36.2 Å². The van der Waals surface area contributed by atoms with Gasteiger partial charge in [0.05, 0.1) is 16.8 Å². The van der Waals surface area contributed by atoms with Crippen LogP contribution < -0.4 is 10.6 Å². The minimum atomic E-state index is -4.37. The highest BCUT2D eigenvalue weighted by Gasteiger charge is 2.29. The molecule has 0 unspecified atom stereocenters. The van der Waals surface area contributed by atoms with Crippen LogP contribution in [0.25, 0.3) is 10.9 Å². The highest BCUT2D eigenvalue weighted by Crippen LogP contribution is 2.30. The van der Waals surface area contributed by atoms with E-state index in [0.29, 0.717) is 23.1 Å². The molecule has 4 aromatic rings. The van der Waals surface area contributed by atoms with E-state index in [1.807, 2.05) is 30.3 Å². The lowest BCUT2D eigenvalue weighted by Gasteiger charge is -2.12. The molecule has 0 saturated carbocycles. The Bertz CT molecular complexity index is 1150. The standard InChI is InChI=1S/C21H16F3N5/c1-13-26-18(28-16-9-7-15(8-10-16)21(22,23)24)12-19(27-13)29-17-6-2-4-14-5-3-11-25-20(14)17/h2-12H,1H3,(H2,26,27,28,29). The predicted octanol–water partition coefficient (Wildman–Crippen LogP) is 5.84. The van der Waals surface area contributed by atoms with E-state index in [9.17, 15) is 13.2 Å². The van der Waals surface area contributed by atoms with E-state index in [2.05, 4.69) is 25.6 Å². The van der Waals surface area contributed by atoms with E-state index in [1.54, 1.807) is 19.2 Å². The first kappa shape index (κ1) is 18.7. The molecule has 0 saturated heterocycles. The van der Waals surface area contributed by atoms with Crippen molar-refractivity contribution >= 4 is 33.9 Å². The van der Waals surface area contributed by atoms with E-state index in [1.165, 1.54) is 12.1 Å². The summed E-state index contributed by atoms with van der Waals surface area (Å²) in [5.41, 5.74) is 1.40. The summed E-state index contributed by atoms with van der Waals surface area (Å²) in [5.74, 6) is 1.52. The van der Waals surface area contributed by atoms with Crippen molar-refractivity contribution in [2.24, 2.45) is 0 Å². The highest BCUT2D eigenvalue weighted by atomic mass is 19.4. The van der Waals surface area contributed by atoms with Crippen LogP contribution in [0, 0.1) is 6.92 Å². The molecule has 146 valence electrons. The van der Waals surface area contributed by atoms with Crippen molar-refractivity contribution < 1.29 is 13.2 Å². The van der Waals surface area contributed by atoms with Crippen LogP contribution in [0.1, 0.15) is 11.4 Å². The summed E-state index contributed by atoms with van der Waals surface area (Å²) in [4.78, 5) is 13.1. The van der Waals surface area contributed by atoms with Gasteiger partial charge in [-0.15, -0.1) is 0 Å². The number of rotatable bonds is 4. The van der Waals surface area contributed by atoms with E-state index in [4.69, 9.17) is 0 Å². The molecule has 0 atom stereocenters. The maximum atomic E-state index is 12.7. The zero-order chi connectivity index (χ0) is 20.4. The first-order valence-electron chi connectivity index (χ1n) is 8.79. The quantitative estimate of drug-likeness (QED) is 0.455. The van der Waals surface area contributed by atoms with Gasteiger partial charge in [0.2, 0.25) is 0 Å². The normalized spacial score (nSPS) is 11.4. The number of aryl methyl sites for hydroxylation is 1. The third-order valence-electron chi connectivity index (χ3n) is 4.22. The molecule has 0 aliphatic heterocycles. The fourth-order valence-electron chi connectivity index (χ4n) is 2.93. The van der Waals surface area contributed by atoms with Gasteiger partial charge in [0.1, 0.15) is 17.5 Å². The average molecular weight is 395 g/mol. The number of benzene rings is 2. The summed E-state index contributed by atoms with van der Waals surface area (Å²) in [6, 6.07) is 16.1. The molecule has 29 heavy (non-hydrogen) atoms. The molecular formula is C21H16F3N5. The molecule has 0 bridgehead atoms. The van der Waals surface area contributed by atoms with Crippen LogP contribution in [0.3, 0.4) is 0 Å². The highest BCUT2D eigenvalue weighted by molar-refractivity contribution is 5.91. The van der Waals surface area contributed by atoms with Crippen LogP contribution in [0.2, 0.25) is 0 Å². The Kier molecular flexibility index (Phi) is 4.75. The molecule has 0 aliphatic rings. The Labute approximate surface area is 164 Å². The number of aromatic nitrogens is 3. The van der Waals surface area contributed by atoms with Gasteiger partial charge in [-0.3, -0.25) is 4.98 Å². The summed E-state index contributed by atoms with van der Waals surface area (Å²) in [6.45, 7) is 1.74. The maximum absolute atomic E-state index is 12.7. The third-order valence-corrected chi connectivity index (χ3v) is 4.22. The van der Waals surface area contributed by atoms with Crippen molar-refractivity contribution in [1.82, 2.24) is 15.0 Å². The summed E-state index contributed by atoms with van der Waals surface area (Å²) < 4.78 is 38.1. The average Bonchev–Trinajstić information content (AvgIpc) is 2.68. The number of halogens is 3. The third kappa shape index (κ3) is 4.26. The summed E-state index contributed by atoms with van der Waals surface area (Å²) in [5, 5.41) is 7.25. The number of pyridine rings is 1. The largest absolute Gasteiger partial charge is 0.416 e. The first-order valence-corrected chi connectivity index (χ1v) is 8.79. The van der Waals surface area contributed by atoms with Gasteiger partial charge in [-0.1, -0.05) is 18.2 Å². The number of fused-ring (bicyclic) bond motifs is 1. The lowest BCUT2D eigenvalue weighted by molar-refractivity contribution is -0.137. The Morgan fingerprint density at radius 2 is 1.52 bits per heavy atom.